The fraction of sp³-hybridized carbons (Fsp3) is 0.633. The van der Waals surface area contributed by atoms with E-state index in [0.29, 0.717) is 36.2 Å². The number of aromatic nitrogens is 2. The Hall–Kier alpha value is -2.56. The van der Waals surface area contributed by atoms with Gasteiger partial charge in [0, 0.05) is 67.9 Å². The van der Waals surface area contributed by atoms with E-state index in [1.54, 1.807) is 0 Å². The van der Waals surface area contributed by atoms with Crippen LogP contribution in [-0.4, -0.2) is 112 Å². The van der Waals surface area contributed by atoms with E-state index in [9.17, 15) is 9.00 Å². The van der Waals surface area contributed by atoms with Gasteiger partial charge in [0.15, 0.2) is 0 Å². The molecule has 1 atom stereocenters. The second-order valence-electron chi connectivity index (χ2n) is 12.1. The van der Waals surface area contributed by atoms with Crippen LogP contribution in [0.1, 0.15) is 48.2 Å². The molecule has 2 aromatic rings. The highest BCUT2D eigenvalue weighted by atomic mass is 32.3. The predicted octanol–water partition coefficient (Wildman–Crippen LogP) is 2.88. The van der Waals surface area contributed by atoms with Gasteiger partial charge < -0.3 is 19.4 Å². The van der Waals surface area contributed by atoms with Crippen molar-refractivity contribution in [3.8, 4) is 5.88 Å². The van der Waals surface area contributed by atoms with Crippen molar-refractivity contribution in [2.45, 2.75) is 51.1 Å². The minimum Gasteiger partial charge on any atom is -0.477 e. The summed E-state index contributed by atoms with van der Waals surface area (Å²) in [5.41, 5.74) is 2.43. The highest BCUT2D eigenvalue weighted by Gasteiger charge is 2.33. The number of amides is 1. The van der Waals surface area contributed by atoms with Gasteiger partial charge >= 0.3 is 0 Å². The number of rotatable bonds is 8. The van der Waals surface area contributed by atoms with Gasteiger partial charge in [0.2, 0.25) is 5.88 Å². The van der Waals surface area contributed by atoms with E-state index in [1.807, 2.05) is 37.4 Å². The van der Waals surface area contributed by atoms with E-state index in [4.69, 9.17) is 4.74 Å². The van der Waals surface area contributed by atoms with Crippen molar-refractivity contribution >= 4 is 21.7 Å². The molecule has 1 aromatic heterocycles. The summed E-state index contributed by atoms with van der Waals surface area (Å²) in [5.74, 6) is 0.913. The molecule has 0 N–H and O–H groups in total. The third kappa shape index (κ3) is 6.66. The first-order chi connectivity index (χ1) is 19.2. The van der Waals surface area contributed by atoms with Crippen LogP contribution in [0.15, 0.2) is 36.7 Å². The van der Waals surface area contributed by atoms with Crippen LogP contribution in [0.25, 0.3) is 0 Å². The molecule has 3 saturated heterocycles. The Bertz CT molecular complexity index is 1190. The Morgan fingerprint density at radius 3 is 2.38 bits per heavy atom. The van der Waals surface area contributed by atoms with Crippen LogP contribution in [-0.2, 0) is 10.1 Å². The van der Waals surface area contributed by atoms with Gasteiger partial charge in [-0.05, 0) is 71.3 Å². The van der Waals surface area contributed by atoms with Crippen molar-refractivity contribution in [3.63, 3.8) is 0 Å². The Labute approximate surface area is 240 Å². The lowest BCUT2D eigenvalue weighted by atomic mass is 9.97. The van der Waals surface area contributed by atoms with Crippen LogP contribution in [0.4, 0.5) is 5.69 Å². The molecule has 3 aliphatic heterocycles. The molecular formula is C30H46N6O3S. The van der Waals surface area contributed by atoms with Crippen molar-refractivity contribution in [1.82, 2.24) is 24.1 Å². The molecule has 10 heteroatoms. The van der Waals surface area contributed by atoms with Gasteiger partial charge in [-0.25, -0.2) is 14.3 Å². The molecule has 0 spiro atoms. The van der Waals surface area contributed by atoms with E-state index in [0.717, 1.165) is 76.9 Å². The predicted molar refractivity (Wildman–Crippen MR) is 162 cm³/mol. The second-order valence-corrected chi connectivity index (χ2v) is 15.3. The number of nitrogens with zero attached hydrogens (tertiary/aromatic N) is 6. The number of carbonyl (C=O) groups excluding carboxylic acids is 1. The molecule has 1 aromatic carbocycles. The number of thiol groups is 1. The van der Waals surface area contributed by atoms with Crippen LogP contribution in [0, 0.1) is 12.8 Å². The van der Waals surface area contributed by atoms with Crippen LogP contribution < -0.4 is 9.64 Å². The molecule has 1 unspecified atom stereocenters. The summed E-state index contributed by atoms with van der Waals surface area (Å²) in [4.78, 5) is 29.1. The zero-order chi connectivity index (χ0) is 28.3. The molecule has 220 valence electrons. The van der Waals surface area contributed by atoms with Crippen molar-refractivity contribution in [2.75, 3.05) is 70.3 Å². The standard InChI is InChI=1S/C30H46N6O3S/c1-23-28(31-22-32-29(23)39-21-24-10-15-36(20-24)26-8-6-5-7-9-26)30(37)35-18-13-27(14-19-35)34-16-11-25(12-17-34)33(2)40(3,4)38/h5-9,22,24-25,27,40H,10-21H2,1-4H3. The monoisotopic (exact) mass is 570 g/mol. The van der Waals surface area contributed by atoms with Gasteiger partial charge in [-0.1, -0.05) is 28.3 Å². The number of carbonyl (C=O) groups is 1. The third-order valence-electron chi connectivity index (χ3n) is 9.16. The summed E-state index contributed by atoms with van der Waals surface area (Å²) in [5, 5.41) is 0. The van der Waals surface area contributed by atoms with E-state index in [1.165, 1.54) is 12.0 Å². The molecule has 4 heterocycles. The van der Waals surface area contributed by atoms with E-state index >= 15 is 0 Å². The highest BCUT2D eigenvalue weighted by molar-refractivity contribution is 7.99. The first-order valence-electron chi connectivity index (χ1n) is 14.8. The topological polar surface area (TPSA) is 82.1 Å². The van der Waals surface area contributed by atoms with Crippen molar-refractivity contribution < 1.29 is 13.7 Å². The number of anilines is 1. The van der Waals surface area contributed by atoms with Gasteiger partial charge in [-0.15, -0.1) is 0 Å². The molecule has 40 heavy (non-hydrogen) atoms. The number of hydrogen-bond donors (Lipinski definition) is 1. The summed E-state index contributed by atoms with van der Waals surface area (Å²) in [6.45, 7) is 8.00. The fourth-order valence-corrected chi connectivity index (χ4v) is 7.45. The summed E-state index contributed by atoms with van der Waals surface area (Å²) in [6.07, 6.45) is 10.3. The van der Waals surface area contributed by atoms with Gasteiger partial charge in [-0.2, -0.15) is 0 Å². The lowest BCUT2D eigenvalue weighted by Gasteiger charge is -2.44. The molecule has 1 amide bonds. The molecule has 0 aliphatic carbocycles. The maximum atomic E-state index is 13.5. The molecule has 3 fully saturated rings. The number of hydrogen-bond acceptors (Lipinski definition) is 7. The molecule has 3 aliphatic rings. The summed E-state index contributed by atoms with van der Waals surface area (Å²) in [7, 11) is -0.204. The third-order valence-corrected chi connectivity index (χ3v) is 11.0. The van der Waals surface area contributed by atoms with Crippen molar-refractivity contribution in [1.29, 1.82) is 0 Å². The zero-order valence-corrected chi connectivity index (χ0v) is 25.4. The molecule has 5 rings (SSSR count). The zero-order valence-electron chi connectivity index (χ0n) is 24.5. The Morgan fingerprint density at radius 1 is 1.00 bits per heavy atom. The minimum absolute atomic E-state index is 0.0266. The van der Waals surface area contributed by atoms with Gasteiger partial charge in [0.05, 0.1) is 6.61 Å². The quantitative estimate of drug-likeness (QED) is 0.489. The summed E-state index contributed by atoms with van der Waals surface area (Å²) >= 11 is 0. The summed E-state index contributed by atoms with van der Waals surface area (Å²) in [6, 6.07) is 11.4. The number of likely N-dealkylation sites (tertiary alicyclic amines) is 2. The lowest BCUT2D eigenvalue weighted by Crippen LogP contribution is -2.52. The first kappa shape index (κ1) is 29.0. The van der Waals surface area contributed by atoms with Crippen LogP contribution in [0.2, 0.25) is 0 Å². The molecule has 0 bridgehead atoms. The minimum atomic E-state index is -2.21. The fourth-order valence-electron chi connectivity index (χ4n) is 6.44. The lowest BCUT2D eigenvalue weighted by molar-refractivity contribution is 0.0542. The van der Waals surface area contributed by atoms with Gasteiger partial charge in [0.1, 0.15) is 12.0 Å². The SMILES string of the molecule is Cc1c(OCC2CCN(c3ccccc3)C2)ncnc1C(=O)N1CCC(N2CCC(N(C)[SH](C)(C)=O)CC2)CC1. The van der Waals surface area contributed by atoms with Crippen molar-refractivity contribution in [2.24, 2.45) is 5.92 Å². The van der Waals surface area contributed by atoms with Crippen LogP contribution in [0.5, 0.6) is 5.88 Å². The second kappa shape index (κ2) is 12.5. The van der Waals surface area contributed by atoms with Crippen molar-refractivity contribution in [3.05, 3.63) is 47.9 Å². The van der Waals surface area contributed by atoms with Gasteiger partial charge in [-0.3, -0.25) is 9.00 Å². The maximum absolute atomic E-state index is 13.5. The normalized spacial score (nSPS) is 22.2. The smallest absolute Gasteiger partial charge is 0.272 e. The highest BCUT2D eigenvalue weighted by Crippen LogP contribution is 2.27. The molecule has 9 nitrogen and oxygen atoms in total. The number of ether oxygens (including phenoxy) is 1. The average molecular weight is 571 g/mol. The summed E-state index contributed by atoms with van der Waals surface area (Å²) < 4.78 is 20.7. The largest absolute Gasteiger partial charge is 0.477 e. The number of benzene rings is 1. The van der Waals surface area contributed by atoms with Crippen LogP contribution in [0.3, 0.4) is 0 Å². The average Bonchev–Trinajstić information content (AvgIpc) is 3.45. The molecule has 0 saturated carbocycles. The van der Waals surface area contributed by atoms with Gasteiger partial charge in [0.25, 0.3) is 5.91 Å². The number of para-hydroxylation sites is 1. The molecule has 0 radical (unpaired) electrons. The Kier molecular flexibility index (Phi) is 9.07. The van der Waals surface area contributed by atoms with Crippen LogP contribution >= 0.6 is 0 Å². The van der Waals surface area contributed by atoms with E-state index < -0.39 is 10.1 Å². The number of piperidine rings is 2. The Balaban J connectivity index is 1.10. The Morgan fingerprint density at radius 2 is 1.70 bits per heavy atom. The molecular weight excluding hydrogens is 524 g/mol. The maximum Gasteiger partial charge on any atom is 0.272 e. The van der Waals surface area contributed by atoms with E-state index in [-0.39, 0.29) is 5.91 Å². The first-order valence-corrected chi connectivity index (χ1v) is 17.3. The van der Waals surface area contributed by atoms with E-state index in [2.05, 4.69) is 48.3 Å².